The van der Waals surface area contributed by atoms with Crippen LogP contribution in [0.3, 0.4) is 0 Å². The van der Waals surface area contributed by atoms with Crippen molar-refractivity contribution < 1.29 is 14.8 Å². The van der Waals surface area contributed by atoms with Gasteiger partial charge in [-0.15, -0.1) is 0 Å². The Balaban J connectivity index is 3.06. The summed E-state index contributed by atoms with van der Waals surface area (Å²) in [7, 11) is 0. The Labute approximate surface area is 125 Å². The van der Waals surface area contributed by atoms with Gasteiger partial charge in [0.2, 0.25) is 0 Å². The minimum Gasteiger partial charge on any atom is -0.394 e. The Morgan fingerprint density at radius 2 is 2.00 bits per heavy atom. The molecular formula is C13H17BrN2O4. The summed E-state index contributed by atoms with van der Waals surface area (Å²) in [5.41, 5.74) is -0.674. The van der Waals surface area contributed by atoms with Gasteiger partial charge in [-0.3, -0.25) is 14.9 Å². The third kappa shape index (κ3) is 3.77. The topological polar surface area (TPSA) is 92.5 Å². The second-order valence-electron chi connectivity index (χ2n) is 4.55. The average molecular weight is 345 g/mol. The number of carbonyl (C=O) groups excluding carboxylic acids is 1. The average Bonchev–Trinajstić information content (AvgIpc) is 2.44. The van der Waals surface area contributed by atoms with Crippen molar-refractivity contribution >= 4 is 27.5 Å². The monoisotopic (exact) mass is 344 g/mol. The second-order valence-corrected chi connectivity index (χ2v) is 5.47. The molecule has 0 saturated heterocycles. The van der Waals surface area contributed by atoms with Crippen molar-refractivity contribution in [3.05, 3.63) is 38.3 Å². The van der Waals surface area contributed by atoms with Gasteiger partial charge in [0, 0.05) is 22.2 Å². The normalized spacial score (nSPS) is 11.2. The van der Waals surface area contributed by atoms with Gasteiger partial charge in [0.1, 0.15) is 0 Å². The molecule has 0 unspecified atom stereocenters. The molecule has 0 saturated carbocycles. The van der Waals surface area contributed by atoms with E-state index in [1.165, 1.54) is 18.2 Å². The molecule has 1 amide bonds. The number of nitro groups is 1. The van der Waals surface area contributed by atoms with E-state index in [0.29, 0.717) is 17.3 Å². The van der Waals surface area contributed by atoms with E-state index >= 15 is 0 Å². The van der Waals surface area contributed by atoms with Crippen LogP contribution in [0.1, 0.15) is 37.0 Å². The molecule has 2 N–H and O–H groups in total. The van der Waals surface area contributed by atoms with Crippen LogP contribution >= 0.6 is 15.9 Å². The van der Waals surface area contributed by atoms with Crippen molar-refractivity contribution in [3.8, 4) is 0 Å². The number of amides is 1. The standard InChI is InChI=1S/C13H17BrN2O4/c1-3-13(4-2,8-17)15-12(18)9-5-10(14)7-11(6-9)16(19)20/h5-7,17H,3-4,8H2,1-2H3,(H,15,18). The van der Waals surface area contributed by atoms with Crippen molar-refractivity contribution in [1.82, 2.24) is 5.32 Å². The first-order valence-electron chi connectivity index (χ1n) is 6.26. The van der Waals surface area contributed by atoms with E-state index in [4.69, 9.17) is 0 Å². The van der Waals surface area contributed by atoms with Crippen LogP contribution in [0.5, 0.6) is 0 Å². The zero-order valence-corrected chi connectivity index (χ0v) is 12.9. The molecule has 1 aromatic rings. The highest BCUT2D eigenvalue weighted by molar-refractivity contribution is 9.10. The molecular weight excluding hydrogens is 328 g/mol. The Morgan fingerprint density at radius 3 is 2.45 bits per heavy atom. The molecule has 0 atom stereocenters. The largest absolute Gasteiger partial charge is 0.394 e. The fourth-order valence-electron chi connectivity index (χ4n) is 1.81. The zero-order chi connectivity index (χ0) is 15.3. The maximum absolute atomic E-state index is 12.2. The van der Waals surface area contributed by atoms with Crippen LogP contribution in [0.15, 0.2) is 22.7 Å². The second kappa shape index (κ2) is 6.81. The van der Waals surface area contributed by atoms with Crippen molar-refractivity contribution in [1.29, 1.82) is 0 Å². The number of rotatable bonds is 6. The SMILES string of the molecule is CCC(CC)(CO)NC(=O)c1cc(Br)cc([N+](=O)[O-])c1. The number of non-ortho nitro benzene ring substituents is 1. The van der Waals surface area contributed by atoms with Gasteiger partial charge in [-0.1, -0.05) is 29.8 Å². The molecule has 0 heterocycles. The highest BCUT2D eigenvalue weighted by Crippen LogP contribution is 2.22. The minimum atomic E-state index is -0.700. The van der Waals surface area contributed by atoms with Crippen molar-refractivity contribution in [3.63, 3.8) is 0 Å². The minimum absolute atomic E-state index is 0.160. The quantitative estimate of drug-likeness (QED) is 0.612. The van der Waals surface area contributed by atoms with E-state index in [-0.39, 0.29) is 17.9 Å². The fraction of sp³-hybridized carbons (Fsp3) is 0.462. The number of aliphatic hydroxyl groups excluding tert-OH is 1. The smallest absolute Gasteiger partial charge is 0.271 e. The maximum Gasteiger partial charge on any atom is 0.271 e. The molecule has 0 radical (unpaired) electrons. The van der Waals surface area contributed by atoms with Crippen LogP contribution in [0, 0.1) is 10.1 Å². The summed E-state index contributed by atoms with van der Waals surface area (Å²) in [6.45, 7) is 3.55. The fourth-order valence-corrected chi connectivity index (χ4v) is 2.29. The molecule has 0 fully saturated rings. The van der Waals surface area contributed by atoms with Gasteiger partial charge in [-0.05, 0) is 18.9 Å². The number of benzene rings is 1. The van der Waals surface area contributed by atoms with E-state index in [1.54, 1.807) is 0 Å². The maximum atomic E-state index is 12.2. The molecule has 0 bridgehead atoms. The number of halogens is 1. The van der Waals surface area contributed by atoms with Gasteiger partial charge in [-0.25, -0.2) is 0 Å². The first-order valence-corrected chi connectivity index (χ1v) is 7.05. The number of hydrogen-bond donors (Lipinski definition) is 2. The molecule has 6 nitrogen and oxygen atoms in total. The van der Waals surface area contributed by atoms with Crippen LogP contribution in [0.2, 0.25) is 0 Å². The van der Waals surface area contributed by atoms with E-state index in [2.05, 4.69) is 21.2 Å². The molecule has 0 aliphatic carbocycles. The number of nitrogens with one attached hydrogen (secondary N) is 1. The summed E-state index contributed by atoms with van der Waals surface area (Å²) in [5, 5.41) is 23.0. The van der Waals surface area contributed by atoms with E-state index in [0.717, 1.165) is 0 Å². The first kappa shape index (κ1) is 16.6. The van der Waals surface area contributed by atoms with Gasteiger partial charge in [0.15, 0.2) is 0 Å². The van der Waals surface area contributed by atoms with Crippen molar-refractivity contribution in [2.45, 2.75) is 32.2 Å². The molecule has 7 heteroatoms. The summed E-state index contributed by atoms with van der Waals surface area (Å²) in [6, 6.07) is 4.05. The Morgan fingerprint density at radius 1 is 1.40 bits per heavy atom. The lowest BCUT2D eigenvalue weighted by molar-refractivity contribution is -0.385. The van der Waals surface area contributed by atoms with Crippen molar-refractivity contribution in [2.75, 3.05) is 6.61 Å². The lowest BCUT2D eigenvalue weighted by atomic mass is 9.93. The van der Waals surface area contributed by atoms with Crippen LogP contribution in [-0.4, -0.2) is 28.1 Å². The predicted octanol–water partition coefficient (Wildman–Crippen LogP) is 2.64. The van der Waals surface area contributed by atoms with Crippen LogP contribution in [0.4, 0.5) is 5.69 Å². The summed E-state index contributed by atoms with van der Waals surface area (Å²) in [4.78, 5) is 22.4. The third-order valence-corrected chi connectivity index (χ3v) is 3.85. The number of carbonyl (C=O) groups is 1. The molecule has 0 aliphatic rings. The molecule has 110 valence electrons. The molecule has 1 aromatic carbocycles. The number of nitro benzene ring substituents is 1. The molecule has 0 aromatic heterocycles. The molecule has 1 rings (SSSR count). The Hall–Kier alpha value is -1.47. The first-order chi connectivity index (χ1) is 9.37. The van der Waals surface area contributed by atoms with E-state index in [9.17, 15) is 20.0 Å². The highest BCUT2D eigenvalue weighted by Gasteiger charge is 2.28. The van der Waals surface area contributed by atoms with Crippen LogP contribution in [-0.2, 0) is 0 Å². The lowest BCUT2D eigenvalue weighted by Gasteiger charge is -2.30. The predicted molar refractivity (Wildman–Crippen MR) is 78.7 cm³/mol. The highest BCUT2D eigenvalue weighted by atomic mass is 79.9. The van der Waals surface area contributed by atoms with Crippen LogP contribution < -0.4 is 5.32 Å². The van der Waals surface area contributed by atoms with Crippen LogP contribution in [0.25, 0.3) is 0 Å². The Kier molecular flexibility index (Phi) is 5.64. The summed E-state index contributed by atoms with van der Waals surface area (Å²) in [5.74, 6) is -0.438. The zero-order valence-electron chi connectivity index (χ0n) is 11.4. The summed E-state index contributed by atoms with van der Waals surface area (Å²) in [6.07, 6.45) is 1.14. The third-order valence-electron chi connectivity index (χ3n) is 3.39. The van der Waals surface area contributed by atoms with Gasteiger partial charge in [0.25, 0.3) is 11.6 Å². The number of nitrogens with zero attached hydrogens (tertiary/aromatic N) is 1. The van der Waals surface area contributed by atoms with Gasteiger partial charge in [0.05, 0.1) is 17.1 Å². The lowest BCUT2D eigenvalue weighted by Crippen LogP contribution is -2.50. The van der Waals surface area contributed by atoms with E-state index in [1.807, 2.05) is 13.8 Å². The van der Waals surface area contributed by atoms with Gasteiger partial charge < -0.3 is 10.4 Å². The number of hydrogen-bond acceptors (Lipinski definition) is 4. The van der Waals surface area contributed by atoms with Gasteiger partial charge >= 0.3 is 0 Å². The van der Waals surface area contributed by atoms with Gasteiger partial charge in [-0.2, -0.15) is 0 Å². The summed E-state index contributed by atoms with van der Waals surface area (Å²) >= 11 is 3.15. The Bertz CT molecular complexity index is 507. The van der Waals surface area contributed by atoms with E-state index < -0.39 is 16.4 Å². The molecule has 20 heavy (non-hydrogen) atoms. The molecule has 0 spiro atoms. The number of aliphatic hydroxyl groups is 1. The summed E-state index contributed by atoms with van der Waals surface area (Å²) < 4.78 is 0.458. The van der Waals surface area contributed by atoms with Crippen molar-refractivity contribution in [2.24, 2.45) is 0 Å². The molecule has 0 aliphatic heterocycles.